The highest BCUT2D eigenvalue weighted by Gasteiger charge is 2.38. The van der Waals surface area contributed by atoms with Crippen LogP contribution < -0.4 is 5.32 Å². The molecule has 2 heterocycles. The lowest BCUT2D eigenvalue weighted by Crippen LogP contribution is -2.38. The molecule has 1 aliphatic heterocycles. The van der Waals surface area contributed by atoms with E-state index in [2.05, 4.69) is 10.4 Å². The summed E-state index contributed by atoms with van der Waals surface area (Å²) in [6.45, 7) is 1.96. The predicted octanol–water partition coefficient (Wildman–Crippen LogP) is 2.20. The molecule has 2 atom stereocenters. The van der Waals surface area contributed by atoms with Crippen LogP contribution in [0.15, 0.2) is 12.4 Å². The molecule has 0 radical (unpaired) electrons. The summed E-state index contributed by atoms with van der Waals surface area (Å²) in [6, 6.07) is 0.307. The van der Waals surface area contributed by atoms with Gasteiger partial charge in [0.2, 0.25) is 5.91 Å². The number of likely N-dealkylation sites (tertiary alicyclic amines) is 1. The van der Waals surface area contributed by atoms with E-state index in [0.29, 0.717) is 23.4 Å². The average Bonchev–Trinajstić information content (AvgIpc) is 3.30. The van der Waals surface area contributed by atoms with Crippen molar-refractivity contribution in [1.29, 1.82) is 0 Å². The fourth-order valence-electron chi connectivity index (χ4n) is 4.81. The Balaban J connectivity index is 1.30. The molecule has 25 heavy (non-hydrogen) atoms. The van der Waals surface area contributed by atoms with Gasteiger partial charge in [-0.3, -0.25) is 14.3 Å². The Morgan fingerprint density at radius 2 is 1.76 bits per heavy atom. The van der Waals surface area contributed by atoms with Gasteiger partial charge in [-0.05, 0) is 37.5 Å². The first kappa shape index (κ1) is 16.6. The van der Waals surface area contributed by atoms with E-state index in [9.17, 15) is 9.59 Å². The lowest BCUT2D eigenvalue weighted by atomic mass is 9.95. The molecule has 6 nitrogen and oxygen atoms in total. The van der Waals surface area contributed by atoms with E-state index in [1.807, 2.05) is 4.90 Å². The Morgan fingerprint density at radius 3 is 2.48 bits per heavy atom. The maximum atomic E-state index is 12.7. The molecule has 0 unspecified atom stereocenters. The van der Waals surface area contributed by atoms with E-state index in [-0.39, 0.29) is 18.4 Å². The monoisotopic (exact) mass is 344 g/mol. The van der Waals surface area contributed by atoms with Crippen LogP contribution in [0.4, 0.5) is 0 Å². The van der Waals surface area contributed by atoms with Crippen molar-refractivity contribution in [3.8, 4) is 0 Å². The summed E-state index contributed by atoms with van der Waals surface area (Å²) < 4.78 is 1.59. The highest BCUT2D eigenvalue weighted by atomic mass is 16.2. The van der Waals surface area contributed by atoms with Crippen molar-refractivity contribution in [2.45, 2.75) is 64.0 Å². The van der Waals surface area contributed by atoms with Crippen LogP contribution in [0.5, 0.6) is 0 Å². The topological polar surface area (TPSA) is 67.2 Å². The van der Waals surface area contributed by atoms with Gasteiger partial charge in [-0.15, -0.1) is 0 Å². The lowest BCUT2D eigenvalue weighted by Gasteiger charge is -2.22. The summed E-state index contributed by atoms with van der Waals surface area (Å²) in [5.41, 5.74) is 0.602. The third kappa shape index (κ3) is 3.72. The van der Waals surface area contributed by atoms with Gasteiger partial charge in [0.25, 0.3) is 5.91 Å². The first-order chi connectivity index (χ1) is 12.2. The van der Waals surface area contributed by atoms with Crippen LogP contribution >= 0.6 is 0 Å². The van der Waals surface area contributed by atoms with E-state index in [4.69, 9.17) is 0 Å². The minimum absolute atomic E-state index is 0.00953. The minimum atomic E-state index is -0.00953. The second-order valence-corrected chi connectivity index (χ2v) is 7.99. The van der Waals surface area contributed by atoms with Crippen molar-refractivity contribution >= 4 is 11.8 Å². The molecule has 2 amide bonds. The summed E-state index contributed by atoms with van der Waals surface area (Å²) in [5.74, 6) is 1.44. The second-order valence-electron chi connectivity index (χ2n) is 7.99. The number of amides is 2. The first-order valence-corrected chi connectivity index (χ1v) is 9.80. The molecule has 0 aromatic carbocycles. The Kier molecular flexibility index (Phi) is 4.77. The molecule has 2 aliphatic carbocycles. The summed E-state index contributed by atoms with van der Waals surface area (Å²) in [7, 11) is 0. The van der Waals surface area contributed by atoms with E-state index in [1.54, 1.807) is 17.1 Å². The molecular formula is C19H28N4O2. The molecule has 2 saturated carbocycles. The van der Waals surface area contributed by atoms with Crippen LogP contribution in [-0.4, -0.2) is 45.6 Å². The Bertz CT molecular complexity index is 623. The molecule has 3 fully saturated rings. The van der Waals surface area contributed by atoms with Crippen LogP contribution in [0.25, 0.3) is 0 Å². The number of aromatic nitrogens is 2. The summed E-state index contributed by atoms with van der Waals surface area (Å²) in [4.78, 5) is 26.8. The van der Waals surface area contributed by atoms with Gasteiger partial charge in [0.15, 0.2) is 0 Å². The van der Waals surface area contributed by atoms with Crippen LogP contribution in [0.1, 0.15) is 61.7 Å². The molecule has 6 heteroatoms. The van der Waals surface area contributed by atoms with Crippen molar-refractivity contribution in [1.82, 2.24) is 20.0 Å². The molecule has 1 aromatic rings. The van der Waals surface area contributed by atoms with Crippen molar-refractivity contribution in [3.05, 3.63) is 18.0 Å². The number of nitrogens with zero attached hydrogens (tertiary/aromatic N) is 3. The number of hydrogen-bond acceptors (Lipinski definition) is 3. The molecule has 4 rings (SSSR count). The number of fused-ring (bicyclic) bond motifs is 1. The molecule has 136 valence electrons. The minimum Gasteiger partial charge on any atom is -0.352 e. The van der Waals surface area contributed by atoms with Crippen LogP contribution in [0.3, 0.4) is 0 Å². The van der Waals surface area contributed by atoms with Gasteiger partial charge in [-0.2, -0.15) is 5.10 Å². The summed E-state index contributed by atoms with van der Waals surface area (Å²) >= 11 is 0. The van der Waals surface area contributed by atoms with Crippen molar-refractivity contribution < 1.29 is 9.59 Å². The standard InChI is InChI=1S/C19H28N4O2/c24-18(21-17-7-2-1-3-8-17)13-23-12-16(9-20-23)19(25)22-10-14-5-4-6-15(14)11-22/h9,12,14-15,17H,1-8,10-11,13H2,(H,21,24)/t14-,15+. The molecule has 3 aliphatic rings. The van der Waals surface area contributed by atoms with Gasteiger partial charge in [-0.1, -0.05) is 25.7 Å². The van der Waals surface area contributed by atoms with E-state index in [0.717, 1.165) is 25.9 Å². The number of carbonyl (C=O) groups excluding carboxylic acids is 2. The Hall–Kier alpha value is -1.85. The zero-order chi connectivity index (χ0) is 17.2. The van der Waals surface area contributed by atoms with Crippen LogP contribution in [-0.2, 0) is 11.3 Å². The quantitative estimate of drug-likeness (QED) is 0.910. The molecule has 0 bridgehead atoms. The number of nitrogens with one attached hydrogen (secondary N) is 1. The SMILES string of the molecule is O=C(Cn1cc(C(=O)N2C[C@H]3CCC[C@H]3C2)cn1)NC1CCCCC1. The normalized spacial score (nSPS) is 26.6. The Morgan fingerprint density at radius 1 is 1.04 bits per heavy atom. The lowest BCUT2D eigenvalue weighted by molar-refractivity contribution is -0.122. The van der Waals surface area contributed by atoms with E-state index < -0.39 is 0 Å². The smallest absolute Gasteiger partial charge is 0.257 e. The van der Waals surface area contributed by atoms with E-state index in [1.165, 1.54) is 38.5 Å². The largest absolute Gasteiger partial charge is 0.352 e. The third-order valence-electron chi connectivity index (χ3n) is 6.17. The average molecular weight is 344 g/mol. The van der Waals surface area contributed by atoms with Gasteiger partial charge < -0.3 is 10.2 Å². The third-order valence-corrected chi connectivity index (χ3v) is 6.17. The van der Waals surface area contributed by atoms with Crippen molar-refractivity contribution in [2.75, 3.05) is 13.1 Å². The first-order valence-electron chi connectivity index (χ1n) is 9.80. The summed E-state index contributed by atoms with van der Waals surface area (Å²) in [5, 5.41) is 7.31. The molecule has 1 saturated heterocycles. The van der Waals surface area contributed by atoms with Crippen molar-refractivity contribution in [2.24, 2.45) is 11.8 Å². The van der Waals surface area contributed by atoms with E-state index >= 15 is 0 Å². The van der Waals surface area contributed by atoms with Crippen molar-refractivity contribution in [3.63, 3.8) is 0 Å². The molecular weight excluding hydrogens is 316 g/mol. The maximum absolute atomic E-state index is 12.7. The fraction of sp³-hybridized carbons (Fsp3) is 0.737. The summed E-state index contributed by atoms with van der Waals surface area (Å²) in [6.07, 6.45) is 13.0. The Labute approximate surface area is 148 Å². The van der Waals surface area contributed by atoms with Gasteiger partial charge in [0.1, 0.15) is 6.54 Å². The zero-order valence-electron chi connectivity index (χ0n) is 14.8. The zero-order valence-corrected chi connectivity index (χ0v) is 14.8. The van der Waals surface area contributed by atoms with Crippen LogP contribution in [0.2, 0.25) is 0 Å². The number of hydrogen-bond donors (Lipinski definition) is 1. The maximum Gasteiger partial charge on any atom is 0.257 e. The molecule has 0 spiro atoms. The fourth-order valence-corrected chi connectivity index (χ4v) is 4.81. The van der Waals surface area contributed by atoms with Gasteiger partial charge in [0.05, 0.1) is 11.8 Å². The van der Waals surface area contributed by atoms with Gasteiger partial charge in [-0.25, -0.2) is 0 Å². The number of rotatable bonds is 4. The molecule has 1 N–H and O–H groups in total. The molecule has 1 aromatic heterocycles. The highest BCUT2D eigenvalue weighted by Crippen LogP contribution is 2.38. The number of carbonyl (C=O) groups is 2. The highest BCUT2D eigenvalue weighted by molar-refractivity contribution is 5.94. The second kappa shape index (κ2) is 7.18. The van der Waals surface area contributed by atoms with Gasteiger partial charge in [0, 0.05) is 25.3 Å². The predicted molar refractivity (Wildman–Crippen MR) is 94.0 cm³/mol. The van der Waals surface area contributed by atoms with Gasteiger partial charge >= 0.3 is 0 Å². The van der Waals surface area contributed by atoms with Crippen LogP contribution in [0, 0.1) is 11.8 Å².